The van der Waals surface area contributed by atoms with Crippen LogP contribution in [0.1, 0.15) is 44.4 Å². The predicted octanol–water partition coefficient (Wildman–Crippen LogP) is 2.60. The van der Waals surface area contributed by atoms with Crippen molar-refractivity contribution in [2.24, 2.45) is 5.73 Å². The minimum Gasteiger partial charge on any atom is -0.316 e. The number of nitrogens with zero attached hydrogens (tertiary/aromatic N) is 1. The monoisotopic (exact) mass is 218 g/mol. The number of rotatable bonds is 1. The Hall–Kier alpha value is -0.860. The van der Waals surface area contributed by atoms with E-state index < -0.39 is 0 Å². The second-order valence-corrected chi connectivity index (χ2v) is 5.88. The molecule has 1 aromatic carbocycles. The molecule has 1 aliphatic rings. The Morgan fingerprint density at radius 1 is 1.19 bits per heavy atom. The molecule has 1 atom stereocenters. The first-order chi connectivity index (χ1) is 7.38. The summed E-state index contributed by atoms with van der Waals surface area (Å²) in [6.07, 6.45) is 0.144. The standard InChI is InChI=1S/C14H22N2/c1-10(15)16-8-11-5-6-13(14(2,3)4)7-12(11)9-16/h5-7,10H,8-9,15H2,1-4H3. The third-order valence-corrected chi connectivity index (χ3v) is 3.40. The van der Waals surface area contributed by atoms with Gasteiger partial charge in [-0.3, -0.25) is 4.90 Å². The summed E-state index contributed by atoms with van der Waals surface area (Å²) in [5.41, 5.74) is 10.5. The molecule has 2 N–H and O–H groups in total. The van der Waals surface area contributed by atoms with Crippen LogP contribution < -0.4 is 5.73 Å². The largest absolute Gasteiger partial charge is 0.316 e. The van der Waals surface area contributed by atoms with Crippen molar-refractivity contribution >= 4 is 0 Å². The van der Waals surface area contributed by atoms with Gasteiger partial charge in [-0.15, -0.1) is 0 Å². The Bertz CT molecular complexity index is 388. The first kappa shape index (κ1) is 11.6. The Morgan fingerprint density at radius 2 is 1.81 bits per heavy atom. The normalized spacial score (nSPS) is 18.6. The molecule has 0 radical (unpaired) electrons. The molecule has 0 aromatic heterocycles. The summed E-state index contributed by atoms with van der Waals surface area (Å²) in [7, 11) is 0. The first-order valence-electron chi connectivity index (χ1n) is 6.00. The number of hydrogen-bond donors (Lipinski definition) is 1. The zero-order chi connectivity index (χ0) is 11.9. The second-order valence-electron chi connectivity index (χ2n) is 5.88. The minimum atomic E-state index is 0.144. The molecule has 2 heteroatoms. The van der Waals surface area contributed by atoms with Crippen LogP contribution in [0.5, 0.6) is 0 Å². The fraction of sp³-hybridized carbons (Fsp3) is 0.571. The summed E-state index contributed by atoms with van der Waals surface area (Å²) in [6.45, 7) is 10.8. The highest BCUT2D eigenvalue weighted by Crippen LogP contribution is 2.29. The molecule has 16 heavy (non-hydrogen) atoms. The van der Waals surface area contributed by atoms with Crippen LogP contribution in [-0.4, -0.2) is 11.1 Å². The van der Waals surface area contributed by atoms with Crippen molar-refractivity contribution in [3.05, 3.63) is 34.9 Å². The lowest BCUT2D eigenvalue weighted by atomic mass is 9.85. The van der Waals surface area contributed by atoms with Gasteiger partial charge in [-0.05, 0) is 29.0 Å². The van der Waals surface area contributed by atoms with Gasteiger partial charge in [0, 0.05) is 13.1 Å². The summed E-state index contributed by atoms with van der Waals surface area (Å²) in [4.78, 5) is 2.30. The van der Waals surface area contributed by atoms with E-state index in [1.165, 1.54) is 16.7 Å². The molecule has 88 valence electrons. The number of nitrogens with two attached hydrogens (primary N) is 1. The fourth-order valence-electron chi connectivity index (χ4n) is 2.18. The fourth-order valence-corrected chi connectivity index (χ4v) is 2.18. The van der Waals surface area contributed by atoms with Crippen molar-refractivity contribution in [3.8, 4) is 0 Å². The van der Waals surface area contributed by atoms with Crippen molar-refractivity contribution in [1.29, 1.82) is 0 Å². The zero-order valence-electron chi connectivity index (χ0n) is 10.7. The number of benzene rings is 1. The number of fused-ring (bicyclic) bond motifs is 1. The third kappa shape index (κ3) is 2.13. The molecule has 0 aliphatic carbocycles. The highest BCUT2D eigenvalue weighted by Gasteiger charge is 2.23. The van der Waals surface area contributed by atoms with Gasteiger partial charge in [0.2, 0.25) is 0 Å². The molecule has 0 amide bonds. The smallest absolute Gasteiger partial charge is 0.0549 e. The van der Waals surface area contributed by atoms with E-state index in [4.69, 9.17) is 5.73 Å². The van der Waals surface area contributed by atoms with Gasteiger partial charge in [-0.25, -0.2) is 0 Å². The van der Waals surface area contributed by atoms with Gasteiger partial charge in [0.1, 0.15) is 0 Å². The molecule has 1 heterocycles. The van der Waals surface area contributed by atoms with E-state index in [0.29, 0.717) is 0 Å². The average Bonchev–Trinajstić information content (AvgIpc) is 2.58. The summed E-state index contributed by atoms with van der Waals surface area (Å²) in [5.74, 6) is 0. The summed E-state index contributed by atoms with van der Waals surface area (Å²) in [6, 6.07) is 6.86. The molecule has 1 aromatic rings. The average molecular weight is 218 g/mol. The molecule has 2 nitrogen and oxygen atoms in total. The van der Waals surface area contributed by atoms with E-state index >= 15 is 0 Å². The summed E-state index contributed by atoms with van der Waals surface area (Å²) < 4.78 is 0. The first-order valence-corrected chi connectivity index (χ1v) is 6.00. The van der Waals surface area contributed by atoms with Crippen molar-refractivity contribution in [1.82, 2.24) is 4.90 Å². The van der Waals surface area contributed by atoms with Crippen LogP contribution in [0, 0.1) is 0 Å². The SMILES string of the molecule is CC(N)N1Cc2ccc(C(C)(C)C)cc2C1. The highest BCUT2D eigenvalue weighted by molar-refractivity contribution is 5.37. The predicted molar refractivity (Wildman–Crippen MR) is 68.0 cm³/mol. The van der Waals surface area contributed by atoms with Crippen molar-refractivity contribution in [3.63, 3.8) is 0 Å². The molecule has 0 saturated carbocycles. The van der Waals surface area contributed by atoms with E-state index in [9.17, 15) is 0 Å². The van der Waals surface area contributed by atoms with Crippen molar-refractivity contribution in [2.75, 3.05) is 0 Å². The van der Waals surface area contributed by atoms with Gasteiger partial charge < -0.3 is 5.73 Å². The van der Waals surface area contributed by atoms with Crippen LogP contribution in [0.3, 0.4) is 0 Å². The van der Waals surface area contributed by atoms with E-state index in [1.807, 2.05) is 0 Å². The van der Waals surface area contributed by atoms with Gasteiger partial charge in [-0.2, -0.15) is 0 Å². The molecular formula is C14H22N2. The second kappa shape index (κ2) is 3.86. The lowest BCUT2D eigenvalue weighted by Gasteiger charge is -2.20. The third-order valence-electron chi connectivity index (χ3n) is 3.40. The number of hydrogen-bond acceptors (Lipinski definition) is 2. The topological polar surface area (TPSA) is 29.3 Å². The van der Waals surface area contributed by atoms with Crippen molar-refractivity contribution < 1.29 is 0 Å². The van der Waals surface area contributed by atoms with Crippen LogP contribution >= 0.6 is 0 Å². The van der Waals surface area contributed by atoms with Crippen LogP contribution in [0.2, 0.25) is 0 Å². The zero-order valence-corrected chi connectivity index (χ0v) is 10.7. The van der Waals surface area contributed by atoms with Crippen LogP contribution in [0.25, 0.3) is 0 Å². The lowest BCUT2D eigenvalue weighted by Crippen LogP contribution is -2.35. The molecule has 1 aliphatic heterocycles. The Balaban J connectivity index is 2.28. The molecular weight excluding hydrogens is 196 g/mol. The van der Waals surface area contributed by atoms with Gasteiger partial charge >= 0.3 is 0 Å². The van der Waals surface area contributed by atoms with Gasteiger partial charge in [0.15, 0.2) is 0 Å². The summed E-state index contributed by atoms with van der Waals surface area (Å²) >= 11 is 0. The molecule has 1 unspecified atom stereocenters. The Kier molecular flexibility index (Phi) is 2.81. The highest BCUT2D eigenvalue weighted by atomic mass is 15.2. The minimum absolute atomic E-state index is 0.144. The molecule has 0 saturated heterocycles. The molecule has 2 rings (SSSR count). The van der Waals surface area contributed by atoms with Crippen molar-refractivity contribution in [2.45, 2.75) is 52.4 Å². The maximum Gasteiger partial charge on any atom is 0.0549 e. The Labute approximate surface area is 98.4 Å². The van der Waals surface area contributed by atoms with Gasteiger partial charge in [0.25, 0.3) is 0 Å². The Morgan fingerprint density at radius 3 is 2.38 bits per heavy atom. The van der Waals surface area contributed by atoms with Gasteiger partial charge in [0.05, 0.1) is 6.17 Å². The summed E-state index contributed by atoms with van der Waals surface area (Å²) in [5, 5.41) is 0. The molecule has 0 bridgehead atoms. The van der Waals surface area contributed by atoms with Crippen LogP contribution in [0.4, 0.5) is 0 Å². The van der Waals surface area contributed by atoms with E-state index in [0.717, 1.165) is 13.1 Å². The van der Waals surface area contributed by atoms with E-state index in [2.05, 4.69) is 50.8 Å². The quantitative estimate of drug-likeness (QED) is 0.785. The van der Waals surface area contributed by atoms with E-state index in [-0.39, 0.29) is 11.6 Å². The van der Waals surface area contributed by atoms with Gasteiger partial charge in [-0.1, -0.05) is 39.0 Å². The van der Waals surface area contributed by atoms with Crippen LogP contribution in [-0.2, 0) is 18.5 Å². The lowest BCUT2D eigenvalue weighted by molar-refractivity contribution is 0.217. The van der Waals surface area contributed by atoms with E-state index in [1.54, 1.807) is 0 Å². The van der Waals surface area contributed by atoms with Crippen LogP contribution in [0.15, 0.2) is 18.2 Å². The molecule has 0 spiro atoms. The molecule has 0 fully saturated rings. The maximum absolute atomic E-state index is 5.93. The maximum atomic E-state index is 5.93.